The fourth-order valence-electron chi connectivity index (χ4n) is 3.48. The summed E-state index contributed by atoms with van der Waals surface area (Å²) in [6, 6.07) is 9.06. The van der Waals surface area contributed by atoms with E-state index in [1.54, 1.807) is 31.2 Å². The summed E-state index contributed by atoms with van der Waals surface area (Å²) in [6.45, 7) is 3.33. The Bertz CT molecular complexity index is 1060. The lowest BCUT2D eigenvalue weighted by Gasteiger charge is -2.40. The lowest BCUT2D eigenvalue weighted by atomic mass is 9.99. The second-order valence-corrected chi connectivity index (χ2v) is 8.87. The smallest absolute Gasteiger partial charge is 0.411 e. The topological polar surface area (TPSA) is 121 Å². The molecule has 3 N–H and O–H groups in total. The summed E-state index contributed by atoms with van der Waals surface area (Å²) in [5.41, 5.74) is 8.56. The highest BCUT2D eigenvalue weighted by molar-refractivity contribution is 7.90. The van der Waals surface area contributed by atoms with Gasteiger partial charge in [0, 0.05) is 31.0 Å². The van der Waals surface area contributed by atoms with Crippen LogP contribution in [0.1, 0.15) is 13.8 Å². The average Bonchev–Trinajstić information content (AvgIpc) is 2.59. The Hall–Kier alpha value is -3.07. The summed E-state index contributed by atoms with van der Waals surface area (Å²) < 4.78 is 23.3. The zero-order valence-electron chi connectivity index (χ0n) is 15.7. The third-order valence-corrected chi connectivity index (χ3v) is 5.88. The Morgan fingerprint density at radius 1 is 1.14 bits per heavy atom. The van der Waals surface area contributed by atoms with Gasteiger partial charge in [-0.2, -0.15) is 0 Å². The first-order valence-electron chi connectivity index (χ1n) is 8.55. The molecule has 1 atom stereocenters. The lowest BCUT2D eigenvalue weighted by molar-refractivity contribution is -0.117. The van der Waals surface area contributed by atoms with Crippen LogP contribution < -0.4 is 15.5 Å². The van der Waals surface area contributed by atoms with Crippen LogP contribution in [-0.4, -0.2) is 44.4 Å². The van der Waals surface area contributed by atoms with Crippen LogP contribution >= 0.6 is 0 Å². The predicted molar refractivity (Wildman–Crippen MR) is 107 cm³/mol. The number of anilines is 3. The molecule has 0 aliphatic carbocycles. The quantitative estimate of drug-likeness (QED) is 0.744. The number of amides is 2. The molecule has 0 fully saturated rings. The molecule has 9 heteroatoms. The minimum Gasteiger partial charge on any atom is -0.465 e. The molecule has 148 valence electrons. The molecule has 0 spiro atoms. The number of rotatable bonds is 2. The van der Waals surface area contributed by atoms with E-state index in [4.69, 9.17) is 5.73 Å². The normalized spacial score (nSPS) is 16.6. The number of nitrogens with zero attached hydrogens (tertiary/aromatic N) is 2. The zero-order valence-corrected chi connectivity index (χ0v) is 16.5. The Balaban J connectivity index is 2.17. The monoisotopic (exact) mass is 403 g/mol. The number of carboxylic acid groups (broad SMARTS) is 1. The number of carbonyl (C=O) groups is 2. The number of sulfone groups is 1. The fourth-order valence-corrected chi connectivity index (χ4v) is 4.11. The molecule has 3 rings (SSSR count). The van der Waals surface area contributed by atoms with Crippen molar-refractivity contribution in [3.63, 3.8) is 0 Å². The number of fused-ring (bicyclic) bond motifs is 1. The highest BCUT2D eigenvalue weighted by atomic mass is 32.2. The van der Waals surface area contributed by atoms with E-state index in [1.807, 2.05) is 0 Å². The van der Waals surface area contributed by atoms with Gasteiger partial charge in [0.1, 0.15) is 0 Å². The van der Waals surface area contributed by atoms with Gasteiger partial charge < -0.3 is 15.7 Å². The third kappa shape index (κ3) is 3.40. The van der Waals surface area contributed by atoms with Crippen LogP contribution in [0.25, 0.3) is 11.1 Å². The second-order valence-electron chi connectivity index (χ2n) is 6.86. The van der Waals surface area contributed by atoms with Crippen LogP contribution in [-0.2, 0) is 14.6 Å². The van der Waals surface area contributed by atoms with Crippen molar-refractivity contribution in [2.24, 2.45) is 0 Å². The maximum atomic E-state index is 12.1. The maximum Gasteiger partial charge on any atom is 0.411 e. The Morgan fingerprint density at radius 3 is 2.25 bits per heavy atom. The van der Waals surface area contributed by atoms with Crippen molar-refractivity contribution in [2.45, 2.75) is 24.8 Å². The summed E-state index contributed by atoms with van der Waals surface area (Å²) in [7, 11) is -3.33. The van der Waals surface area contributed by atoms with Crippen LogP contribution in [0, 0.1) is 0 Å². The average molecular weight is 403 g/mol. The van der Waals surface area contributed by atoms with Gasteiger partial charge in [0.2, 0.25) is 5.91 Å². The first-order chi connectivity index (χ1) is 13.0. The minimum atomic E-state index is -3.33. The molecule has 0 radical (unpaired) electrons. The lowest BCUT2D eigenvalue weighted by Crippen LogP contribution is -2.51. The Kier molecular flexibility index (Phi) is 4.80. The van der Waals surface area contributed by atoms with Crippen molar-refractivity contribution in [3.8, 4) is 11.1 Å². The molecule has 8 nitrogen and oxygen atoms in total. The van der Waals surface area contributed by atoms with Gasteiger partial charge >= 0.3 is 6.09 Å². The molecule has 1 aliphatic heterocycles. The van der Waals surface area contributed by atoms with Crippen molar-refractivity contribution >= 4 is 38.9 Å². The van der Waals surface area contributed by atoms with Crippen LogP contribution in [0.15, 0.2) is 41.3 Å². The van der Waals surface area contributed by atoms with Crippen molar-refractivity contribution in [2.75, 3.05) is 28.3 Å². The van der Waals surface area contributed by atoms with Gasteiger partial charge in [-0.05, 0) is 36.8 Å². The molecule has 2 amide bonds. The van der Waals surface area contributed by atoms with Gasteiger partial charge in [-0.1, -0.05) is 12.1 Å². The van der Waals surface area contributed by atoms with Gasteiger partial charge in [0.15, 0.2) is 9.84 Å². The van der Waals surface area contributed by atoms with Crippen molar-refractivity contribution < 1.29 is 23.1 Å². The molecular weight excluding hydrogens is 382 g/mol. The van der Waals surface area contributed by atoms with E-state index >= 15 is 0 Å². The maximum absolute atomic E-state index is 12.1. The third-order valence-electron chi connectivity index (χ3n) is 4.75. The van der Waals surface area contributed by atoms with Gasteiger partial charge in [-0.25, -0.2) is 13.2 Å². The highest BCUT2D eigenvalue weighted by Gasteiger charge is 2.34. The van der Waals surface area contributed by atoms with Crippen LogP contribution in [0.4, 0.5) is 21.9 Å². The Labute approximate surface area is 163 Å². The zero-order chi connectivity index (χ0) is 20.8. The number of benzene rings is 2. The standard InChI is InChI=1S/C19H21N3O5S/c1-11-10-21(19(24)25)17-8-15(16(20)9-18(17)22(11)12(2)23)13-4-6-14(7-5-13)28(3,26)27/h4-9,11H,10,20H2,1-3H3,(H,24,25). The molecule has 2 aromatic rings. The fraction of sp³-hybridized carbons (Fsp3) is 0.263. The molecule has 0 bridgehead atoms. The van der Waals surface area contributed by atoms with E-state index in [9.17, 15) is 23.1 Å². The summed E-state index contributed by atoms with van der Waals surface area (Å²) in [6.07, 6.45) is -0.00298. The van der Waals surface area contributed by atoms with E-state index in [2.05, 4.69) is 0 Å². The number of nitrogens with two attached hydrogens (primary N) is 1. The molecule has 1 unspecified atom stereocenters. The van der Waals surface area contributed by atoms with Crippen LogP contribution in [0.5, 0.6) is 0 Å². The van der Waals surface area contributed by atoms with Crippen molar-refractivity contribution in [3.05, 3.63) is 36.4 Å². The van der Waals surface area contributed by atoms with Gasteiger partial charge in [0.25, 0.3) is 0 Å². The van der Waals surface area contributed by atoms with E-state index < -0.39 is 15.9 Å². The number of hydrogen-bond acceptors (Lipinski definition) is 5. The number of nitrogen functional groups attached to an aromatic ring is 1. The molecule has 0 saturated heterocycles. The molecule has 1 heterocycles. The molecule has 28 heavy (non-hydrogen) atoms. The molecule has 2 aromatic carbocycles. The van der Waals surface area contributed by atoms with Gasteiger partial charge in [0.05, 0.1) is 22.3 Å². The molecule has 1 aliphatic rings. The summed E-state index contributed by atoms with van der Waals surface area (Å²) in [5, 5.41) is 9.61. The summed E-state index contributed by atoms with van der Waals surface area (Å²) >= 11 is 0. The highest BCUT2D eigenvalue weighted by Crippen LogP contribution is 2.42. The first kappa shape index (κ1) is 19.7. The van der Waals surface area contributed by atoms with E-state index in [-0.39, 0.29) is 23.4 Å². The molecule has 0 aromatic heterocycles. The minimum absolute atomic E-state index is 0.137. The van der Waals surface area contributed by atoms with Crippen LogP contribution in [0.2, 0.25) is 0 Å². The number of hydrogen-bond donors (Lipinski definition) is 2. The first-order valence-corrected chi connectivity index (χ1v) is 10.4. The van der Waals surface area contributed by atoms with Crippen molar-refractivity contribution in [1.29, 1.82) is 0 Å². The Morgan fingerprint density at radius 2 is 1.75 bits per heavy atom. The molecular formula is C19H21N3O5S. The van der Waals surface area contributed by atoms with Gasteiger partial charge in [-0.3, -0.25) is 9.69 Å². The van der Waals surface area contributed by atoms with E-state index in [0.717, 1.165) is 6.26 Å². The largest absolute Gasteiger partial charge is 0.465 e. The predicted octanol–water partition coefficient (Wildman–Crippen LogP) is 2.58. The summed E-state index contributed by atoms with van der Waals surface area (Å²) in [4.78, 5) is 26.8. The van der Waals surface area contributed by atoms with E-state index in [1.165, 1.54) is 28.9 Å². The SMILES string of the molecule is CC(=O)N1c2cc(N)c(-c3ccc(S(C)(=O)=O)cc3)cc2N(C(=O)O)CC1C. The van der Waals surface area contributed by atoms with Crippen LogP contribution in [0.3, 0.4) is 0 Å². The summed E-state index contributed by atoms with van der Waals surface area (Å²) in [5.74, 6) is -0.205. The van der Waals surface area contributed by atoms with E-state index in [0.29, 0.717) is 28.2 Å². The molecule has 0 saturated carbocycles. The number of carbonyl (C=O) groups excluding carboxylic acids is 1. The van der Waals surface area contributed by atoms with Gasteiger partial charge in [-0.15, -0.1) is 0 Å². The second kappa shape index (κ2) is 6.83. The van der Waals surface area contributed by atoms with Crippen molar-refractivity contribution in [1.82, 2.24) is 0 Å².